The molecule has 2 heterocycles. The number of nitrogens with one attached hydrogen (secondary N) is 1. The van der Waals surface area contributed by atoms with Crippen LogP contribution in [-0.4, -0.2) is 37.3 Å². The number of thiophene rings is 1. The van der Waals surface area contributed by atoms with Gasteiger partial charge in [-0.1, -0.05) is 0 Å². The molecule has 1 aromatic heterocycles. The minimum atomic E-state index is -4.22. The normalized spacial score (nSPS) is 20.5. The predicted molar refractivity (Wildman–Crippen MR) is 65.3 cm³/mol. The summed E-state index contributed by atoms with van der Waals surface area (Å²) in [5.74, 6) is 0. The first kappa shape index (κ1) is 13.3. The van der Waals surface area contributed by atoms with Crippen molar-refractivity contribution in [3.8, 4) is 0 Å². The smallest absolute Gasteiger partial charge is 0.314 e. The topological polar surface area (TPSA) is 15.3 Å². The quantitative estimate of drug-likeness (QED) is 0.897. The second-order valence-electron chi connectivity index (χ2n) is 3.90. The van der Waals surface area contributed by atoms with E-state index < -0.39 is 12.2 Å². The van der Waals surface area contributed by atoms with Crippen LogP contribution in [0.1, 0.15) is 10.9 Å². The molecule has 96 valence electrons. The molecule has 0 aromatic carbocycles. The van der Waals surface area contributed by atoms with Crippen molar-refractivity contribution in [1.29, 1.82) is 0 Å². The molecule has 2 rings (SSSR count). The first-order valence-corrected chi connectivity index (χ1v) is 6.91. The molecular formula is C10H12BrF3N2S. The fourth-order valence-corrected chi connectivity index (χ4v) is 3.56. The van der Waals surface area contributed by atoms with E-state index in [0.29, 0.717) is 35.5 Å². The monoisotopic (exact) mass is 328 g/mol. The van der Waals surface area contributed by atoms with Gasteiger partial charge < -0.3 is 5.32 Å². The van der Waals surface area contributed by atoms with Crippen molar-refractivity contribution < 1.29 is 13.2 Å². The van der Waals surface area contributed by atoms with Crippen LogP contribution in [0, 0.1) is 0 Å². The van der Waals surface area contributed by atoms with E-state index in [1.54, 1.807) is 11.4 Å². The molecule has 1 atom stereocenters. The highest BCUT2D eigenvalue weighted by Crippen LogP contribution is 2.41. The van der Waals surface area contributed by atoms with Gasteiger partial charge in [-0.25, -0.2) is 0 Å². The van der Waals surface area contributed by atoms with Gasteiger partial charge in [0.1, 0.15) is 6.04 Å². The third kappa shape index (κ3) is 3.21. The molecule has 1 fully saturated rings. The highest BCUT2D eigenvalue weighted by Gasteiger charge is 2.45. The number of nitrogens with zero attached hydrogens (tertiary/aromatic N) is 1. The Hall–Kier alpha value is -0.110. The van der Waals surface area contributed by atoms with Gasteiger partial charge in [-0.05, 0) is 22.0 Å². The molecule has 1 aliphatic rings. The molecule has 0 radical (unpaired) electrons. The van der Waals surface area contributed by atoms with Crippen LogP contribution in [0.5, 0.6) is 0 Å². The average molecular weight is 329 g/mol. The number of hydrogen-bond acceptors (Lipinski definition) is 3. The number of rotatable bonds is 2. The Morgan fingerprint density at radius 3 is 2.47 bits per heavy atom. The molecule has 2 nitrogen and oxygen atoms in total. The average Bonchev–Trinajstić information content (AvgIpc) is 2.64. The van der Waals surface area contributed by atoms with E-state index in [4.69, 9.17) is 0 Å². The van der Waals surface area contributed by atoms with Crippen LogP contribution < -0.4 is 5.32 Å². The second-order valence-corrected chi connectivity index (χ2v) is 5.76. The lowest BCUT2D eigenvalue weighted by Crippen LogP contribution is -2.48. The van der Waals surface area contributed by atoms with Gasteiger partial charge in [0.15, 0.2) is 0 Å². The molecule has 1 aliphatic heterocycles. The Balaban J connectivity index is 2.24. The van der Waals surface area contributed by atoms with Gasteiger partial charge in [-0.3, -0.25) is 4.90 Å². The van der Waals surface area contributed by atoms with Gasteiger partial charge in [-0.2, -0.15) is 13.2 Å². The lowest BCUT2D eigenvalue weighted by atomic mass is 10.1. The second kappa shape index (κ2) is 5.26. The highest BCUT2D eigenvalue weighted by molar-refractivity contribution is 9.10. The maximum atomic E-state index is 13.1. The van der Waals surface area contributed by atoms with Crippen molar-refractivity contribution in [2.24, 2.45) is 0 Å². The first-order chi connectivity index (χ1) is 7.98. The summed E-state index contributed by atoms with van der Waals surface area (Å²) in [5.41, 5.74) is 0. The Morgan fingerprint density at radius 2 is 2.00 bits per heavy atom. The molecule has 0 spiro atoms. The summed E-state index contributed by atoms with van der Waals surface area (Å²) < 4.78 is 40.1. The van der Waals surface area contributed by atoms with Crippen LogP contribution in [0.2, 0.25) is 0 Å². The minimum Gasteiger partial charge on any atom is -0.314 e. The Labute approximate surface area is 110 Å². The summed E-state index contributed by atoms with van der Waals surface area (Å²) in [6, 6.07) is 0.0890. The van der Waals surface area contributed by atoms with Crippen LogP contribution in [0.15, 0.2) is 15.9 Å². The molecule has 0 unspecified atom stereocenters. The van der Waals surface area contributed by atoms with E-state index in [9.17, 15) is 13.2 Å². The van der Waals surface area contributed by atoms with Gasteiger partial charge >= 0.3 is 6.18 Å². The molecule has 1 N–H and O–H groups in total. The fraction of sp³-hybridized carbons (Fsp3) is 0.600. The van der Waals surface area contributed by atoms with Crippen molar-refractivity contribution in [1.82, 2.24) is 10.2 Å². The van der Waals surface area contributed by atoms with Crippen LogP contribution in [0.25, 0.3) is 0 Å². The van der Waals surface area contributed by atoms with E-state index in [1.165, 1.54) is 4.90 Å². The third-order valence-corrected chi connectivity index (χ3v) is 4.43. The Bertz CT molecular complexity index is 374. The number of hydrogen-bond donors (Lipinski definition) is 1. The Morgan fingerprint density at radius 1 is 1.35 bits per heavy atom. The summed E-state index contributed by atoms with van der Waals surface area (Å²) in [6.45, 7) is 2.08. The van der Waals surface area contributed by atoms with E-state index in [-0.39, 0.29) is 0 Å². The van der Waals surface area contributed by atoms with Crippen molar-refractivity contribution in [2.45, 2.75) is 12.2 Å². The van der Waals surface area contributed by atoms with E-state index in [1.807, 2.05) is 0 Å². The molecule has 0 aliphatic carbocycles. The van der Waals surface area contributed by atoms with Crippen molar-refractivity contribution in [3.63, 3.8) is 0 Å². The minimum absolute atomic E-state index is 0.353. The molecule has 0 bridgehead atoms. The molecule has 0 amide bonds. The van der Waals surface area contributed by atoms with Crippen molar-refractivity contribution in [3.05, 3.63) is 20.8 Å². The third-order valence-electron chi connectivity index (χ3n) is 2.68. The summed E-state index contributed by atoms with van der Waals surface area (Å²) in [4.78, 5) is 1.85. The van der Waals surface area contributed by atoms with Gasteiger partial charge in [0, 0.05) is 40.9 Å². The van der Waals surface area contributed by atoms with E-state index >= 15 is 0 Å². The molecule has 1 saturated heterocycles. The fourth-order valence-electron chi connectivity index (χ4n) is 1.96. The number of halogens is 4. The lowest BCUT2D eigenvalue weighted by molar-refractivity contribution is -0.186. The van der Waals surface area contributed by atoms with Gasteiger partial charge in [0.25, 0.3) is 0 Å². The van der Waals surface area contributed by atoms with E-state index in [2.05, 4.69) is 21.2 Å². The summed E-state index contributed by atoms with van der Waals surface area (Å²) in [6.07, 6.45) is -4.22. The van der Waals surface area contributed by atoms with Crippen molar-refractivity contribution >= 4 is 27.3 Å². The van der Waals surface area contributed by atoms with Gasteiger partial charge in [0.2, 0.25) is 0 Å². The van der Waals surface area contributed by atoms with Crippen LogP contribution >= 0.6 is 27.3 Å². The maximum absolute atomic E-state index is 13.1. The van der Waals surface area contributed by atoms with E-state index in [0.717, 1.165) is 11.3 Å². The van der Waals surface area contributed by atoms with Gasteiger partial charge in [0.05, 0.1) is 0 Å². The standard InChI is InChI=1S/C10H12BrF3N2S/c11-7-5-8(17-6-7)9(10(12,13)14)16-3-1-15-2-4-16/h5-6,9,15H,1-4H2/t9-/m1/s1. The zero-order valence-electron chi connectivity index (χ0n) is 8.93. The SMILES string of the molecule is FC(F)(F)[C@@H](c1cc(Br)cs1)N1CCNCC1. The molecule has 1 aromatic rings. The predicted octanol–water partition coefficient (Wildman–Crippen LogP) is 3.02. The summed E-state index contributed by atoms with van der Waals surface area (Å²) in [5, 5.41) is 4.75. The lowest BCUT2D eigenvalue weighted by Gasteiger charge is -2.35. The highest BCUT2D eigenvalue weighted by atomic mass is 79.9. The first-order valence-electron chi connectivity index (χ1n) is 5.24. The molecule has 17 heavy (non-hydrogen) atoms. The largest absolute Gasteiger partial charge is 0.408 e. The van der Waals surface area contributed by atoms with Gasteiger partial charge in [-0.15, -0.1) is 11.3 Å². The zero-order valence-corrected chi connectivity index (χ0v) is 11.3. The molecular weight excluding hydrogens is 317 g/mol. The summed E-state index contributed by atoms with van der Waals surface area (Å²) in [7, 11) is 0. The number of piperazine rings is 1. The van der Waals surface area contributed by atoms with Crippen LogP contribution in [-0.2, 0) is 0 Å². The molecule has 7 heteroatoms. The zero-order chi connectivity index (χ0) is 12.5. The Kier molecular flexibility index (Phi) is 4.12. The molecule has 0 saturated carbocycles. The number of alkyl halides is 3. The maximum Gasteiger partial charge on any atom is 0.408 e. The van der Waals surface area contributed by atoms with Crippen molar-refractivity contribution in [2.75, 3.05) is 26.2 Å². The van der Waals surface area contributed by atoms with Crippen LogP contribution in [0.3, 0.4) is 0 Å². The summed E-state index contributed by atoms with van der Waals surface area (Å²) >= 11 is 4.35. The van der Waals surface area contributed by atoms with Crippen LogP contribution in [0.4, 0.5) is 13.2 Å².